The van der Waals surface area contributed by atoms with E-state index in [1.807, 2.05) is 4.90 Å². The number of phosphoric acid groups is 1. The molecule has 3 aromatic rings. The molecule has 4 heterocycles. The van der Waals surface area contributed by atoms with E-state index in [-0.39, 0.29) is 40.8 Å². The number of hydrogen-bond donors (Lipinski definition) is 2. The van der Waals surface area contributed by atoms with Crippen LogP contribution in [0.4, 0.5) is 19.0 Å². The minimum atomic E-state index is -4.68. The van der Waals surface area contributed by atoms with Gasteiger partial charge in [-0.2, -0.15) is 13.2 Å². The third-order valence-electron chi connectivity index (χ3n) is 6.26. The molecule has 0 aliphatic carbocycles. The average molecular weight is 634 g/mol. The van der Waals surface area contributed by atoms with Crippen LogP contribution in [0.15, 0.2) is 30.9 Å². The molecule has 1 fully saturated rings. The molecule has 1 saturated heterocycles. The zero-order valence-electron chi connectivity index (χ0n) is 21.4. The van der Waals surface area contributed by atoms with E-state index < -0.39 is 36.5 Å². The third-order valence-corrected chi connectivity index (χ3v) is 8.41. The van der Waals surface area contributed by atoms with E-state index in [2.05, 4.69) is 19.9 Å². The maximum absolute atomic E-state index is 13.1. The van der Waals surface area contributed by atoms with Crippen LogP contribution in [0, 0.1) is 0 Å². The van der Waals surface area contributed by atoms with E-state index in [9.17, 15) is 27.3 Å². The summed E-state index contributed by atoms with van der Waals surface area (Å²) in [5.41, 5.74) is -0.971. The Labute approximate surface area is 241 Å². The number of alkyl halides is 3. The number of halogens is 4. The molecule has 4 rings (SSSR count). The number of anilines is 1. The van der Waals surface area contributed by atoms with Gasteiger partial charge < -0.3 is 14.7 Å². The van der Waals surface area contributed by atoms with Crippen LogP contribution in [0.3, 0.4) is 0 Å². The monoisotopic (exact) mass is 633 g/mol. The Morgan fingerprint density at radius 3 is 2.51 bits per heavy atom. The Morgan fingerprint density at radius 2 is 1.85 bits per heavy atom. The fourth-order valence-corrected chi connectivity index (χ4v) is 5.94. The maximum atomic E-state index is 13.1. The van der Waals surface area contributed by atoms with Crippen molar-refractivity contribution in [2.75, 3.05) is 18.0 Å². The van der Waals surface area contributed by atoms with E-state index in [0.717, 1.165) is 23.6 Å². The predicted molar refractivity (Wildman–Crippen MR) is 142 cm³/mol. The largest absolute Gasteiger partial charge is 0.469 e. The van der Waals surface area contributed by atoms with E-state index >= 15 is 0 Å². The van der Waals surface area contributed by atoms with Crippen molar-refractivity contribution in [2.24, 2.45) is 0 Å². The Morgan fingerprint density at radius 1 is 1.15 bits per heavy atom. The van der Waals surface area contributed by atoms with Crippen molar-refractivity contribution in [3.63, 3.8) is 0 Å². The molecule has 0 amide bonds. The zero-order valence-corrected chi connectivity index (χ0v) is 23.9. The number of hydrogen-bond acceptors (Lipinski definition) is 10. The first-order chi connectivity index (χ1) is 19.2. The molecule has 0 unspecified atom stereocenters. The number of pyridine rings is 1. The molecule has 0 saturated carbocycles. The first-order valence-electron chi connectivity index (χ1n) is 12.2. The minimum Gasteiger partial charge on any atom is -0.356 e. The summed E-state index contributed by atoms with van der Waals surface area (Å²) >= 11 is 6.64. The summed E-state index contributed by atoms with van der Waals surface area (Å²) in [7, 11) is -4.57. The van der Waals surface area contributed by atoms with Crippen LogP contribution in [0.25, 0.3) is 0 Å². The Balaban J connectivity index is 1.36. The molecule has 220 valence electrons. The Bertz CT molecular complexity index is 1480. The molecule has 17 heteroatoms. The van der Waals surface area contributed by atoms with Crippen LogP contribution in [-0.4, -0.2) is 60.5 Å². The summed E-state index contributed by atoms with van der Waals surface area (Å²) in [6, 6.07) is 2.29. The number of aromatic nitrogens is 4. The van der Waals surface area contributed by atoms with Gasteiger partial charge in [0.2, 0.25) is 0 Å². The fraction of sp³-hybridized carbons (Fsp3) is 0.417. The average Bonchev–Trinajstić information content (AvgIpc) is 3.40. The number of phosphoric ester groups is 1. The first-order valence-corrected chi connectivity index (χ1v) is 15.0. The predicted octanol–water partition coefficient (Wildman–Crippen LogP) is 4.88. The summed E-state index contributed by atoms with van der Waals surface area (Å²) < 4.78 is 55.2. The van der Waals surface area contributed by atoms with Crippen molar-refractivity contribution in [1.29, 1.82) is 0 Å². The van der Waals surface area contributed by atoms with E-state index in [0.29, 0.717) is 36.8 Å². The number of nitrogens with zero attached hydrogens (tertiary/aromatic N) is 5. The lowest BCUT2D eigenvalue weighted by Gasteiger charge is -2.32. The van der Waals surface area contributed by atoms with Gasteiger partial charge in [0.25, 0.3) is 0 Å². The summed E-state index contributed by atoms with van der Waals surface area (Å²) in [6.45, 7) is 2.60. The van der Waals surface area contributed by atoms with E-state index in [4.69, 9.17) is 25.9 Å². The summed E-state index contributed by atoms with van der Waals surface area (Å²) in [6.07, 6.45) is -1.40. The Kier molecular flexibility index (Phi) is 9.56. The van der Waals surface area contributed by atoms with Crippen molar-refractivity contribution < 1.29 is 41.6 Å². The number of carbonyl (C=O) groups is 2. The van der Waals surface area contributed by atoms with Gasteiger partial charge in [0.1, 0.15) is 17.8 Å². The molecule has 0 bridgehead atoms. The molecular formula is C24H24ClF3N5O6PS. The molecule has 1 aliphatic heterocycles. The van der Waals surface area contributed by atoms with Gasteiger partial charge in [0.05, 0.1) is 33.0 Å². The lowest BCUT2D eigenvalue weighted by Crippen LogP contribution is -2.37. The lowest BCUT2D eigenvalue weighted by atomic mass is 10.0. The van der Waals surface area contributed by atoms with Crippen LogP contribution in [-0.2, 0) is 21.7 Å². The van der Waals surface area contributed by atoms with Gasteiger partial charge in [0.15, 0.2) is 11.6 Å². The standard InChI is InChI=1S/C24H24ClF3N5O6PS/c1-13(23-30-11-21(41-23)20(35)8-14-7-16(24(26,27)28)17(25)10-29-14)6-19(34)18-9-22(32-12-31-18)33-4-2-15(3-5-33)39-40(36,37)38/h7,9-13,15H,2-6,8H2,1H3,(H2,36,37,38)/t13-/m0/s1. The number of piperidine rings is 1. The highest BCUT2D eigenvalue weighted by atomic mass is 35.5. The number of thiazole rings is 1. The first kappa shape index (κ1) is 31.1. The second kappa shape index (κ2) is 12.6. The van der Waals surface area contributed by atoms with Gasteiger partial charge >= 0.3 is 14.0 Å². The van der Waals surface area contributed by atoms with E-state index in [1.165, 1.54) is 12.5 Å². The van der Waals surface area contributed by atoms with Gasteiger partial charge in [-0.05, 0) is 18.9 Å². The molecule has 41 heavy (non-hydrogen) atoms. The Hall–Kier alpha value is -2.81. The highest BCUT2D eigenvalue weighted by molar-refractivity contribution is 7.46. The van der Waals surface area contributed by atoms with Crippen molar-refractivity contribution in [3.05, 3.63) is 62.7 Å². The summed E-state index contributed by atoms with van der Waals surface area (Å²) in [4.78, 5) is 62.1. The summed E-state index contributed by atoms with van der Waals surface area (Å²) in [5.74, 6) is -0.629. The molecule has 0 spiro atoms. The van der Waals surface area contributed by atoms with Crippen LogP contribution in [0.5, 0.6) is 0 Å². The molecule has 0 aromatic carbocycles. The van der Waals surface area contributed by atoms with Crippen molar-refractivity contribution >= 4 is 48.1 Å². The highest BCUT2D eigenvalue weighted by Gasteiger charge is 2.34. The quantitative estimate of drug-likeness (QED) is 0.232. The molecule has 1 aliphatic rings. The molecule has 3 aromatic heterocycles. The zero-order chi connectivity index (χ0) is 29.9. The normalized spacial score (nSPS) is 15.6. The molecule has 2 N–H and O–H groups in total. The second-order valence-electron chi connectivity index (χ2n) is 9.39. The smallest absolute Gasteiger partial charge is 0.356 e. The molecule has 1 atom stereocenters. The van der Waals surface area contributed by atoms with Crippen molar-refractivity contribution in [3.8, 4) is 0 Å². The lowest BCUT2D eigenvalue weighted by molar-refractivity contribution is -0.137. The van der Waals surface area contributed by atoms with Crippen LogP contribution < -0.4 is 4.90 Å². The van der Waals surface area contributed by atoms with Gasteiger partial charge in [-0.1, -0.05) is 18.5 Å². The van der Waals surface area contributed by atoms with Crippen LogP contribution >= 0.6 is 30.8 Å². The number of ketones is 2. The highest BCUT2D eigenvalue weighted by Crippen LogP contribution is 2.40. The minimum absolute atomic E-state index is 0.0312. The van der Waals surface area contributed by atoms with Gasteiger partial charge in [-0.3, -0.25) is 19.1 Å². The van der Waals surface area contributed by atoms with Gasteiger partial charge in [-0.25, -0.2) is 19.5 Å². The molecule has 0 radical (unpaired) electrons. The van der Waals surface area contributed by atoms with Crippen molar-refractivity contribution in [2.45, 2.75) is 50.8 Å². The fourth-order valence-electron chi connectivity index (χ4n) is 4.22. The molecule has 11 nitrogen and oxygen atoms in total. The van der Waals surface area contributed by atoms with E-state index in [1.54, 1.807) is 13.0 Å². The van der Waals surface area contributed by atoms with Gasteiger partial charge in [0, 0.05) is 49.6 Å². The van der Waals surface area contributed by atoms with Crippen LogP contribution in [0.1, 0.15) is 68.5 Å². The van der Waals surface area contributed by atoms with Crippen molar-refractivity contribution in [1.82, 2.24) is 19.9 Å². The second-order valence-corrected chi connectivity index (χ2v) is 12.0. The maximum Gasteiger partial charge on any atom is 0.469 e. The summed E-state index contributed by atoms with van der Waals surface area (Å²) in [5, 5.41) is -0.0522. The number of Topliss-reactive ketones (excluding diaryl/α,β-unsaturated/α-hetero) is 2. The topological polar surface area (TPSA) is 156 Å². The number of carbonyl (C=O) groups excluding carboxylic acids is 2. The molecular weight excluding hydrogens is 610 g/mol. The van der Waals surface area contributed by atoms with Crippen LogP contribution in [0.2, 0.25) is 5.02 Å². The van der Waals surface area contributed by atoms with Gasteiger partial charge in [-0.15, -0.1) is 11.3 Å². The SMILES string of the molecule is C[C@@H](CC(=O)c1cc(N2CCC(OP(=O)(O)O)CC2)ncn1)c1ncc(C(=O)Cc2cc(C(F)(F)F)c(Cl)cn2)s1. The number of rotatable bonds is 10. The third kappa shape index (κ3) is 8.37.